The first-order valence-corrected chi connectivity index (χ1v) is 13.9. The molecule has 0 aromatic carbocycles. The number of amides is 1. The van der Waals surface area contributed by atoms with E-state index in [9.17, 15) is 13.2 Å². The zero-order valence-corrected chi connectivity index (χ0v) is 23.7. The summed E-state index contributed by atoms with van der Waals surface area (Å²) < 4.78 is 30.5. The molecule has 11 heteroatoms. The van der Waals surface area contributed by atoms with Crippen LogP contribution in [0.3, 0.4) is 0 Å². The topological polar surface area (TPSA) is 109 Å². The van der Waals surface area contributed by atoms with Crippen LogP contribution in [-0.2, 0) is 10.0 Å². The van der Waals surface area contributed by atoms with Crippen molar-refractivity contribution >= 4 is 27.6 Å². The third kappa shape index (κ3) is 5.28. The molecule has 1 aliphatic rings. The van der Waals surface area contributed by atoms with Gasteiger partial charge in [0, 0.05) is 49.2 Å². The van der Waals surface area contributed by atoms with Gasteiger partial charge in [-0.25, -0.2) is 23.1 Å². The van der Waals surface area contributed by atoms with Gasteiger partial charge < -0.3 is 9.80 Å². The number of nitrogens with zero attached hydrogens (tertiary/aromatic N) is 5. The highest BCUT2D eigenvalue weighted by atomic mass is 32.2. The molecule has 0 radical (unpaired) electrons. The lowest BCUT2D eigenvalue weighted by molar-refractivity contribution is -0.877. The summed E-state index contributed by atoms with van der Waals surface area (Å²) in [6.07, 6.45) is 4.21. The zero-order chi connectivity index (χ0) is 27.8. The highest BCUT2D eigenvalue weighted by Gasteiger charge is 2.39. The first-order chi connectivity index (χ1) is 17.8. The normalized spacial score (nSPS) is 16.8. The maximum absolute atomic E-state index is 13.6. The molecule has 0 aliphatic carbocycles. The van der Waals surface area contributed by atoms with Gasteiger partial charge in [-0.1, -0.05) is 6.92 Å². The number of sulfonamides is 1. The van der Waals surface area contributed by atoms with E-state index in [2.05, 4.69) is 35.4 Å². The van der Waals surface area contributed by atoms with E-state index in [-0.39, 0.29) is 21.8 Å². The molecule has 38 heavy (non-hydrogen) atoms. The van der Waals surface area contributed by atoms with Crippen LogP contribution in [-0.4, -0.2) is 57.6 Å². The highest BCUT2D eigenvalue weighted by molar-refractivity contribution is 7.90. The van der Waals surface area contributed by atoms with Crippen LogP contribution in [0.25, 0.3) is 11.4 Å². The largest absolute Gasteiger partial charge is 0.362 e. The Hall–Kier alpha value is -3.73. The molecule has 0 bridgehead atoms. The van der Waals surface area contributed by atoms with Crippen molar-refractivity contribution in [1.82, 2.24) is 14.7 Å². The fraction of sp³-hybridized carbons (Fsp3) is 0.407. The number of aryl methyl sites for hydroxylation is 1. The smallest absolute Gasteiger partial charge is 0.283 e. The van der Waals surface area contributed by atoms with E-state index in [0.29, 0.717) is 29.7 Å². The van der Waals surface area contributed by atoms with Crippen molar-refractivity contribution in [2.45, 2.75) is 44.6 Å². The lowest BCUT2D eigenvalue weighted by atomic mass is 9.97. The average Bonchev–Trinajstić information content (AvgIpc) is 3.14. The van der Waals surface area contributed by atoms with Crippen LogP contribution in [0.4, 0.5) is 11.6 Å². The lowest BCUT2D eigenvalue weighted by Gasteiger charge is -2.33. The number of anilines is 2. The molecule has 1 saturated heterocycles. The Labute approximate surface area is 224 Å². The minimum Gasteiger partial charge on any atom is -0.362 e. The van der Waals surface area contributed by atoms with Gasteiger partial charge in [-0.3, -0.25) is 9.63 Å². The SMILES string of the molecule is CO[n+]1ccc(C)cc1-c1ccc(C(=O)NS(=O)(=O)c2cccnc2N(C)C)c(N2C[C@@H](C)CC2(C)C)n1. The van der Waals surface area contributed by atoms with Gasteiger partial charge >= 0.3 is 0 Å². The Morgan fingerprint density at radius 2 is 1.97 bits per heavy atom. The van der Waals surface area contributed by atoms with Gasteiger partial charge in [0.05, 0.1) is 5.56 Å². The molecule has 0 spiro atoms. The Morgan fingerprint density at radius 1 is 1.24 bits per heavy atom. The van der Waals surface area contributed by atoms with E-state index in [1.165, 1.54) is 18.3 Å². The van der Waals surface area contributed by atoms with Gasteiger partial charge in [-0.15, -0.1) is 0 Å². The quantitative estimate of drug-likeness (QED) is 0.457. The Bertz CT molecular complexity index is 1470. The molecule has 3 aromatic heterocycles. The standard InChI is InChI=1S/C27H34N6O4S/c1-18-12-14-33(37-7)22(15-18)21-11-10-20(24(29-21)32-17-19(2)16-27(32,3)4)26(34)30-38(35,36)23-9-8-13-28-25(23)31(5)6/h8-15,19H,16-17H2,1-7H3/p+1/t19-/m0/s1. The van der Waals surface area contributed by atoms with E-state index < -0.39 is 15.9 Å². The van der Waals surface area contributed by atoms with E-state index in [4.69, 9.17) is 9.82 Å². The van der Waals surface area contributed by atoms with Crippen molar-refractivity contribution in [2.75, 3.05) is 37.5 Å². The third-order valence-corrected chi connectivity index (χ3v) is 8.03. The Morgan fingerprint density at radius 3 is 2.61 bits per heavy atom. The minimum absolute atomic E-state index is 0.0829. The molecule has 1 fully saturated rings. The first kappa shape index (κ1) is 27.3. The summed E-state index contributed by atoms with van der Waals surface area (Å²) in [4.78, 5) is 31.8. The van der Waals surface area contributed by atoms with E-state index in [1.54, 1.807) is 49.2 Å². The summed E-state index contributed by atoms with van der Waals surface area (Å²) in [5, 5.41) is 0. The molecular formula is C27H35N6O4S+. The number of hydrogen-bond donors (Lipinski definition) is 1. The molecule has 1 aliphatic heterocycles. The molecule has 4 rings (SSSR count). The second-order valence-electron chi connectivity index (χ2n) is 10.6. The van der Waals surface area contributed by atoms with Gasteiger partial charge in [-0.05, 0) is 62.9 Å². The molecule has 4 heterocycles. The van der Waals surface area contributed by atoms with Crippen molar-refractivity contribution in [3.8, 4) is 11.4 Å². The Balaban J connectivity index is 1.82. The number of carbonyl (C=O) groups excluding carboxylic acids is 1. The molecule has 10 nitrogen and oxygen atoms in total. The third-order valence-electron chi connectivity index (χ3n) is 6.67. The average molecular weight is 540 g/mol. The van der Waals surface area contributed by atoms with Gasteiger partial charge in [0.15, 0.2) is 0 Å². The number of hydrogen-bond acceptors (Lipinski definition) is 8. The van der Waals surface area contributed by atoms with Crippen LogP contribution in [0.1, 0.15) is 43.1 Å². The maximum atomic E-state index is 13.6. The van der Waals surface area contributed by atoms with E-state index in [0.717, 1.165) is 12.0 Å². The summed E-state index contributed by atoms with van der Waals surface area (Å²) in [5.74, 6) is 0.273. The summed E-state index contributed by atoms with van der Waals surface area (Å²) in [7, 11) is 0.737. The van der Waals surface area contributed by atoms with Crippen LogP contribution in [0.2, 0.25) is 0 Å². The fourth-order valence-electron chi connectivity index (χ4n) is 5.03. The van der Waals surface area contributed by atoms with Crippen LogP contribution in [0.15, 0.2) is 53.7 Å². The molecule has 202 valence electrons. The molecule has 0 saturated carbocycles. The molecule has 0 unspecified atom stereocenters. The first-order valence-electron chi connectivity index (χ1n) is 12.4. The maximum Gasteiger partial charge on any atom is 0.283 e. The predicted molar refractivity (Wildman–Crippen MR) is 146 cm³/mol. The predicted octanol–water partition coefficient (Wildman–Crippen LogP) is 2.61. The summed E-state index contributed by atoms with van der Waals surface area (Å²) in [6, 6.07) is 10.1. The van der Waals surface area contributed by atoms with Crippen molar-refractivity contribution in [1.29, 1.82) is 0 Å². The van der Waals surface area contributed by atoms with Gasteiger partial charge in [0.25, 0.3) is 21.6 Å². The van der Waals surface area contributed by atoms with Crippen molar-refractivity contribution in [3.05, 3.63) is 59.9 Å². The highest BCUT2D eigenvalue weighted by Crippen LogP contribution is 2.38. The Kier molecular flexibility index (Phi) is 7.33. The van der Waals surface area contributed by atoms with Gasteiger partial charge in [-0.2, -0.15) is 0 Å². The lowest BCUT2D eigenvalue weighted by Crippen LogP contribution is -2.43. The van der Waals surface area contributed by atoms with Crippen molar-refractivity contribution in [2.24, 2.45) is 5.92 Å². The van der Waals surface area contributed by atoms with Gasteiger partial charge in [0.2, 0.25) is 6.20 Å². The number of nitrogens with one attached hydrogen (secondary N) is 1. The van der Waals surface area contributed by atoms with Crippen LogP contribution >= 0.6 is 0 Å². The fourth-order valence-corrected chi connectivity index (χ4v) is 6.23. The van der Waals surface area contributed by atoms with Crippen LogP contribution in [0.5, 0.6) is 0 Å². The van der Waals surface area contributed by atoms with Crippen molar-refractivity contribution < 1.29 is 22.8 Å². The number of carbonyl (C=O) groups is 1. The number of aromatic nitrogens is 3. The summed E-state index contributed by atoms with van der Waals surface area (Å²) in [5.41, 5.74) is 2.22. The van der Waals surface area contributed by atoms with E-state index >= 15 is 0 Å². The second kappa shape index (κ2) is 10.2. The molecular weight excluding hydrogens is 504 g/mol. The zero-order valence-electron chi connectivity index (χ0n) is 22.9. The monoisotopic (exact) mass is 539 g/mol. The summed E-state index contributed by atoms with van der Waals surface area (Å²) in [6.45, 7) is 9.01. The number of rotatable bonds is 7. The van der Waals surface area contributed by atoms with Crippen LogP contribution < -0.4 is 24.1 Å². The number of pyridine rings is 3. The van der Waals surface area contributed by atoms with Gasteiger partial charge in [0.1, 0.15) is 29.3 Å². The minimum atomic E-state index is -4.22. The molecule has 3 aromatic rings. The molecule has 1 atom stereocenters. The summed E-state index contributed by atoms with van der Waals surface area (Å²) >= 11 is 0. The molecule has 1 amide bonds. The van der Waals surface area contributed by atoms with E-state index in [1.807, 2.05) is 19.1 Å². The second-order valence-corrected chi connectivity index (χ2v) is 12.2. The molecule has 1 N–H and O–H groups in total. The van der Waals surface area contributed by atoms with Crippen LogP contribution in [0, 0.1) is 12.8 Å². The van der Waals surface area contributed by atoms with Crippen molar-refractivity contribution in [3.63, 3.8) is 0 Å².